The van der Waals surface area contributed by atoms with Crippen molar-refractivity contribution < 1.29 is 23.9 Å². The van der Waals surface area contributed by atoms with Gasteiger partial charge in [0, 0.05) is 9.13 Å². The Morgan fingerprint density at radius 1 is 1.30 bits per heavy atom. The molecule has 0 N–H and O–H groups in total. The Hall–Kier alpha value is -0.820. The van der Waals surface area contributed by atoms with E-state index in [2.05, 4.69) is 49.9 Å². The highest BCUT2D eigenvalue weighted by molar-refractivity contribution is 14.1. The van der Waals surface area contributed by atoms with Crippen LogP contribution in [0, 0.1) is 7.14 Å². The summed E-state index contributed by atoms with van der Waals surface area (Å²) in [5, 5.41) is -0.494. The average molecular weight is 559 g/mol. The van der Waals surface area contributed by atoms with Gasteiger partial charge in [-0.1, -0.05) is 0 Å². The van der Waals surface area contributed by atoms with Crippen LogP contribution in [0.25, 0.3) is 6.08 Å². The molecule has 122 valence electrons. The largest absolute Gasteiger partial charge is 0.495 e. The highest BCUT2D eigenvalue weighted by atomic mass is 127. The molecule has 2 rings (SSSR count). The molecule has 1 aromatic carbocycles. The molecular weight excluding hydrogens is 548 g/mol. The number of methoxy groups -OCH3 is 2. The summed E-state index contributed by atoms with van der Waals surface area (Å²) in [6.07, 6.45) is 1.60. The van der Waals surface area contributed by atoms with E-state index in [1.54, 1.807) is 13.2 Å². The third kappa shape index (κ3) is 4.18. The highest BCUT2D eigenvalue weighted by Gasteiger charge is 2.36. The molecule has 23 heavy (non-hydrogen) atoms. The van der Waals surface area contributed by atoms with Crippen molar-refractivity contribution in [2.75, 3.05) is 20.8 Å². The van der Waals surface area contributed by atoms with Gasteiger partial charge in [0.25, 0.3) is 11.1 Å². The second-order valence-corrected chi connectivity index (χ2v) is 7.76. The molecule has 1 aliphatic rings. The summed E-state index contributed by atoms with van der Waals surface area (Å²) in [5.41, 5.74) is 0.701. The number of rotatable bonds is 4. The molecule has 0 aromatic heterocycles. The van der Waals surface area contributed by atoms with Crippen molar-refractivity contribution >= 4 is 80.1 Å². The maximum atomic E-state index is 12.3. The topological polar surface area (TPSA) is 72.9 Å². The lowest BCUT2D eigenvalue weighted by Crippen LogP contribution is -2.34. The van der Waals surface area contributed by atoms with Crippen molar-refractivity contribution in [2.45, 2.75) is 0 Å². The van der Waals surface area contributed by atoms with Crippen molar-refractivity contribution in [3.05, 3.63) is 29.7 Å². The van der Waals surface area contributed by atoms with Crippen LogP contribution >= 0.6 is 56.9 Å². The molecule has 1 aromatic rings. The number of benzene rings is 1. The second kappa shape index (κ2) is 7.83. The highest BCUT2D eigenvalue weighted by Crippen LogP contribution is 2.36. The average Bonchev–Trinajstić information content (AvgIpc) is 2.74. The smallest absolute Gasteiger partial charge is 0.325 e. The van der Waals surface area contributed by atoms with Crippen LogP contribution in [0.5, 0.6) is 5.75 Å². The first kappa shape index (κ1) is 18.5. The van der Waals surface area contributed by atoms with Crippen molar-refractivity contribution in [1.29, 1.82) is 0 Å². The minimum atomic E-state index is -0.644. The SMILES string of the molecule is COC(=O)CN1C(=O)S/C(=C/c2cc(I)cc(I)c2OC)C1=O. The zero-order valence-corrected chi connectivity index (χ0v) is 17.2. The van der Waals surface area contributed by atoms with E-state index in [1.807, 2.05) is 12.1 Å². The fourth-order valence-corrected chi connectivity index (χ4v) is 4.81. The van der Waals surface area contributed by atoms with Gasteiger partial charge in [0.2, 0.25) is 0 Å². The van der Waals surface area contributed by atoms with Crippen molar-refractivity contribution in [3.63, 3.8) is 0 Å². The van der Waals surface area contributed by atoms with E-state index in [0.717, 1.165) is 23.8 Å². The normalized spacial score (nSPS) is 16.2. The Kier molecular flexibility index (Phi) is 6.31. The van der Waals surface area contributed by atoms with Crippen molar-refractivity contribution in [3.8, 4) is 5.75 Å². The summed E-state index contributed by atoms with van der Waals surface area (Å²) in [4.78, 5) is 36.6. The lowest BCUT2D eigenvalue weighted by atomic mass is 10.2. The van der Waals surface area contributed by atoms with Crippen LogP contribution < -0.4 is 4.74 Å². The molecule has 1 heterocycles. The molecular formula is C14H11I2NO5S. The number of ether oxygens (including phenoxy) is 2. The van der Waals surface area contributed by atoms with E-state index in [0.29, 0.717) is 11.3 Å². The summed E-state index contributed by atoms with van der Waals surface area (Å²) < 4.78 is 11.7. The monoisotopic (exact) mass is 559 g/mol. The van der Waals surface area contributed by atoms with Crippen LogP contribution in [0.4, 0.5) is 4.79 Å². The Morgan fingerprint density at radius 3 is 2.61 bits per heavy atom. The van der Waals surface area contributed by atoms with E-state index < -0.39 is 17.1 Å². The van der Waals surface area contributed by atoms with Crippen LogP contribution in [0.2, 0.25) is 0 Å². The molecule has 0 aliphatic carbocycles. The van der Waals surface area contributed by atoms with Gasteiger partial charge in [0.1, 0.15) is 12.3 Å². The molecule has 0 bridgehead atoms. The number of halogens is 2. The Balaban J connectivity index is 2.36. The molecule has 0 spiro atoms. The fourth-order valence-electron chi connectivity index (χ4n) is 1.87. The molecule has 9 heteroatoms. The molecule has 1 aliphatic heterocycles. The van der Waals surface area contributed by atoms with Crippen LogP contribution in [-0.2, 0) is 14.3 Å². The zero-order chi connectivity index (χ0) is 17.1. The van der Waals surface area contributed by atoms with Gasteiger partial charge in [-0.15, -0.1) is 0 Å². The van der Waals surface area contributed by atoms with E-state index >= 15 is 0 Å². The van der Waals surface area contributed by atoms with Gasteiger partial charge in [-0.25, -0.2) is 0 Å². The lowest BCUT2D eigenvalue weighted by Gasteiger charge is -2.10. The Bertz CT molecular complexity index is 719. The van der Waals surface area contributed by atoms with Crippen LogP contribution in [0.3, 0.4) is 0 Å². The summed E-state index contributed by atoms with van der Waals surface area (Å²) in [7, 11) is 2.75. The number of hydrogen-bond donors (Lipinski definition) is 0. The number of thioether (sulfide) groups is 1. The molecule has 0 unspecified atom stereocenters. The lowest BCUT2D eigenvalue weighted by molar-refractivity contribution is -0.143. The van der Waals surface area contributed by atoms with Crippen LogP contribution in [0.15, 0.2) is 17.0 Å². The number of amides is 2. The quantitative estimate of drug-likeness (QED) is 0.321. The number of carbonyl (C=O) groups is 3. The number of imide groups is 1. The third-order valence-electron chi connectivity index (χ3n) is 2.92. The second-order valence-electron chi connectivity index (χ2n) is 4.35. The van der Waals surface area contributed by atoms with Gasteiger partial charge in [-0.05, 0) is 75.2 Å². The van der Waals surface area contributed by atoms with E-state index in [-0.39, 0.29) is 11.4 Å². The minimum Gasteiger partial charge on any atom is -0.495 e. The van der Waals surface area contributed by atoms with Crippen LogP contribution in [0.1, 0.15) is 5.56 Å². The maximum Gasteiger partial charge on any atom is 0.325 e. The fraction of sp³-hybridized carbons (Fsp3) is 0.214. The first-order chi connectivity index (χ1) is 10.9. The predicted molar refractivity (Wildman–Crippen MR) is 103 cm³/mol. The molecule has 1 saturated heterocycles. The molecule has 1 fully saturated rings. The summed E-state index contributed by atoms with van der Waals surface area (Å²) in [6, 6.07) is 3.80. The van der Waals surface area contributed by atoms with Crippen molar-refractivity contribution in [1.82, 2.24) is 4.90 Å². The predicted octanol–water partition coefficient (Wildman–Crippen LogP) is 3.11. The molecule has 0 radical (unpaired) electrons. The molecule has 6 nitrogen and oxygen atoms in total. The Morgan fingerprint density at radius 2 is 2.00 bits per heavy atom. The molecule has 0 atom stereocenters. The first-order valence-corrected chi connectivity index (χ1v) is 9.20. The van der Waals surface area contributed by atoms with Gasteiger partial charge in [-0.2, -0.15) is 0 Å². The van der Waals surface area contributed by atoms with Gasteiger partial charge < -0.3 is 9.47 Å². The van der Waals surface area contributed by atoms with E-state index in [4.69, 9.17) is 4.74 Å². The minimum absolute atomic E-state index is 0.245. The maximum absolute atomic E-state index is 12.3. The third-order valence-corrected chi connectivity index (χ3v) is 5.25. The van der Waals surface area contributed by atoms with Gasteiger partial charge >= 0.3 is 5.97 Å². The summed E-state index contributed by atoms with van der Waals surface area (Å²) in [6.45, 7) is -0.389. The van der Waals surface area contributed by atoms with Gasteiger partial charge in [0.15, 0.2) is 0 Å². The molecule has 0 saturated carbocycles. The van der Waals surface area contributed by atoms with Gasteiger partial charge in [0.05, 0.1) is 22.7 Å². The van der Waals surface area contributed by atoms with E-state index in [9.17, 15) is 14.4 Å². The first-order valence-electron chi connectivity index (χ1n) is 6.22. The summed E-state index contributed by atoms with van der Waals surface area (Å²) >= 11 is 5.10. The number of hydrogen-bond acceptors (Lipinski definition) is 6. The number of nitrogens with zero attached hydrogens (tertiary/aromatic N) is 1. The number of esters is 1. The standard InChI is InChI=1S/C14H11I2NO5S/c1-21-11(18)6-17-13(19)10(23-14(17)20)4-7-3-8(15)5-9(16)12(7)22-2/h3-5H,6H2,1-2H3/b10-4+. The van der Waals surface area contributed by atoms with Crippen molar-refractivity contribution in [2.24, 2.45) is 0 Å². The van der Waals surface area contributed by atoms with Crippen LogP contribution in [-0.4, -0.2) is 42.8 Å². The zero-order valence-electron chi connectivity index (χ0n) is 12.1. The Labute approximate surface area is 164 Å². The summed E-state index contributed by atoms with van der Waals surface area (Å²) in [5.74, 6) is -0.526. The van der Waals surface area contributed by atoms with E-state index in [1.165, 1.54) is 7.11 Å². The van der Waals surface area contributed by atoms with Gasteiger partial charge in [-0.3, -0.25) is 19.3 Å². The number of carbonyl (C=O) groups excluding carboxylic acids is 3. The molecule has 2 amide bonds.